The molecule has 1 saturated carbocycles. The van der Waals surface area contributed by atoms with E-state index in [2.05, 4.69) is 12.2 Å². The topological polar surface area (TPSA) is 99.8 Å². The molecule has 0 atom stereocenters. The Balaban J connectivity index is 1.59. The maximum atomic E-state index is 13.5. The number of aromatic carboxylic acids is 1. The molecule has 0 saturated heterocycles. The third-order valence-corrected chi connectivity index (χ3v) is 7.62. The van der Waals surface area contributed by atoms with Crippen LogP contribution in [0.15, 0.2) is 53.1 Å². The molecular formula is C27H30N2O5S. The number of thiophene rings is 1. The zero-order valence-corrected chi connectivity index (χ0v) is 20.9. The van der Waals surface area contributed by atoms with Crippen LogP contribution in [0.1, 0.15) is 66.7 Å². The molecule has 7 nitrogen and oxygen atoms in total. The summed E-state index contributed by atoms with van der Waals surface area (Å²) < 4.78 is 5.11. The van der Waals surface area contributed by atoms with Crippen molar-refractivity contribution in [2.45, 2.75) is 52.5 Å². The van der Waals surface area contributed by atoms with Gasteiger partial charge in [-0.1, -0.05) is 19.1 Å². The lowest BCUT2D eigenvalue weighted by atomic mass is 9.82. The summed E-state index contributed by atoms with van der Waals surface area (Å²) in [6.45, 7) is 6.05. The molecular weight excluding hydrogens is 464 g/mol. The molecule has 2 amide bonds. The van der Waals surface area contributed by atoms with E-state index in [0.29, 0.717) is 17.3 Å². The quantitative estimate of drug-likeness (QED) is 0.389. The fourth-order valence-corrected chi connectivity index (χ4v) is 5.52. The number of furan rings is 1. The molecule has 2 N–H and O–H groups in total. The summed E-state index contributed by atoms with van der Waals surface area (Å²) in [5.41, 5.74) is 1.85. The molecule has 1 aliphatic rings. The van der Waals surface area contributed by atoms with Crippen molar-refractivity contribution in [1.82, 2.24) is 0 Å². The van der Waals surface area contributed by atoms with Crippen molar-refractivity contribution in [2.24, 2.45) is 11.8 Å². The normalized spacial score (nSPS) is 17.8. The summed E-state index contributed by atoms with van der Waals surface area (Å²) in [6.07, 6.45) is 5.16. The van der Waals surface area contributed by atoms with Crippen LogP contribution in [0.5, 0.6) is 0 Å². The van der Waals surface area contributed by atoms with E-state index in [1.54, 1.807) is 35.2 Å². The minimum Gasteiger partial charge on any atom is -0.477 e. The Kier molecular flexibility index (Phi) is 7.40. The van der Waals surface area contributed by atoms with E-state index in [1.165, 1.54) is 6.26 Å². The molecule has 0 aliphatic heterocycles. The van der Waals surface area contributed by atoms with Gasteiger partial charge >= 0.3 is 5.97 Å². The number of nitrogens with zero attached hydrogens (tertiary/aromatic N) is 1. The number of benzene rings is 1. The molecule has 2 heterocycles. The minimum absolute atomic E-state index is 0.00902. The zero-order valence-electron chi connectivity index (χ0n) is 20.1. The smallest absolute Gasteiger partial charge is 0.348 e. The molecule has 4 rings (SSSR count). The van der Waals surface area contributed by atoms with E-state index in [9.17, 15) is 19.5 Å². The average Bonchev–Trinajstić information content (AvgIpc) is 3.51. The van der Waals surface area contributed by atoms with Crippen LogP contribution in [-0.4, -0.2) is 28.9 Å². The number of hydrogen-bond donors (Lipinski definition) is 2. The SMILES string of the molecule is CC(C)N(c1cc(-c2ccc(NC(=O)c3ccco3)cc2)sc1C(=O)O)C(=O)[C@H]1CC[C@H](C)CC1. The third-order valence-electron chi connectivity index (χ3n) is 6.46. The molecule has 184 valence electrons. The number of carbonyl (C=O) groups excluding carboxylic acids is 2. The Bertz CT molecular complexity index is 1190. The number of rotatable bonds is 7. The van der Waals surface area contributed by atoms with Crippen molar-refractivity contribution in [3.8, 4) is 10.4 Å². The number of carboxylic acid groups (broad SMARTS) is 1. The van der Waals surface area contributed by atoms with Crippen LogP contribution >= 0.6 is 11.3 Å². The number of amides is 2. The van der Waals surface area contributed by atoms with Gasteiger partial charge in [0.05, 0.1) is 12.0 Å². The van der Waals surface area contributed by atoms with E-state index in [-0.39, 0.29) is 34.4 Å². The van der Waals surface area contributed by atoms with Crippen LogP contribution in [0, 0.1) is 11.8 Å². The van der Waals surface area contributed by atoms with Crippen molar-refractivity contribution < 1.29 is 23.9 Å². The van der Waals surface area contributed by atoms with Gasteiger partial charge in [0.2, 0.25) is 5.91 Å². The van der Waals surface area contributed by atoms with Gasteiger partial charge in [-0.25, -0.2) is 4.79 Å². The summed E-state index contributed by atoms with van der Waals surface area (Å²) in [7, 11) is 0. The summed E-state index contributed by atoms with van der Waals surface area (Å²) in [6, 6.07) is 12.0. The van der Waals surface area contributed by atoms with Crippen molar-refractivity contribution in [3.63, 3.8) is 0 Å². The van der Waals surface area contributed by atoms with Crippen LogP contribution in [0.4, 0.5) is 11.4 Å². The second-order valence-electron chi connectivity index (χ2n) is 9.40. The number of anilines is 2. The highest BCUT2D eigenvalue weighted by Gasteiger charge is 2.33. The largest absolute Gasteiger partial charge is 0.477 e. The second kappa shape index (κ2) is 10.5. The number of carboxylic acids is 1. The Labute approximate surface area is 208 Å². The third kappa shape index (κ3) is 5.48. The second-order valence-corrected chi connectivity index (χ2v) is 10.4. The summed E-state index contributed by atoms with van der Waals surface area (Å²) in [4.78, 5) is 40.4. The van der Waals surface area contributed by atoms with Crippen molar-refractivity contribution in [3.05, 3.63) is 59.4 Å². The lowest BCUT2D eigenvalue weighted by Crippen LogP contribution is -2.42. The first kappa shape index (κ1) is 24.7. The molecule has 3 aromatic rings. The van der Waals surface area contributed by atoms with Gasteiger partial charge < -0.3 is 19.7 Å². The van der Waals surface area contributed by atoms with Gasteiger partial charge in [0, 0.05) is 22.5 Å². The predicted octanol–water partition coefficient (Wildman–Crippen LogP) is 6.53. The fourth-order valence-electron chi connectivity index (χ4n) is 4.53. The first-order chi connectivity index (χ1) is 16.7. The average molecular weight is 495 g/mol. The molecule has 35 heavy (non-hydrogen) atoms. The van der Waals surface area contributed by atoms with Gasteiger partial charge in [-0.2, -0.15) is 0 Å². The van der Waals surface area contributed by atoms with E-state index < -0.39 is 5.97 Å². The standard InChI is InChI=1S/C27H30N2O5S/c1-16(2)29(26(31)19-8-6-17(3)7-9-19)21-15-23(35-24(21)27(32)33)18-10-12-20(13-11-18)28-25(30)22-5-4-14-34-22/h4-5,10-17,19H,6-9H2,1-3H3,(H,28,30)(H,32,33)/t17-,19-. The molecule has 0 unspecified atom stereocenters. The summed E-state index contributed by atoms with van der Waals surface area (Å²) in [5, 5.41) is 12.7. The molecule has 0 spiro atoms. The predicted molar refractivity (Wildman–Crippen MR) is 137 cm³/mol. The van der Waals surface area contributed by atoms with Gasteiger partial charge in [-0.05, 0) is 81.3 Å². The first-order valence-corrected chi connectivity index (χ1v) is 12.7. The first-order valence-electron chi connectivity index (χ1n) is 11.9. The van der Waals surface area contributed by atoms with Crippen LogP contribution in [0.25, 0.3) is 10.4 Å². The lowest BCUT2D eigenvalue weighted by molar-refractivity contribution is -0.123. The maximum absolute atomic E-state index is 13.5. The molecule has 1 fully saturated rings. The van der Waals surface area contributed by atoms with E-state index in [1.807, 2.05) is 26.0 Å². The molecule has 2 aromatic heterocycles. The van der Waals surface area contributed by atoms with E-state index in [4.69, 9.17) is 4.42 Å². The molecule has 0 bridgehead atoms. The van der Waals surface area contributed by atoms with Crippen LogP contribution in [0.2, 0.25) is 0 Å². The Morgan fingerprint density at radius 2 is 1.77 bits per heavy atom. The summed E-state index contributed by atoms with van der Waals surface area (Å²) >= 11 is 1.15. The van der Waals surface area contributed by atoms with Crippen molar-refractivity contribution >= 4 is 40.5 Å². The molecule has 1 aromatic carbocycles. The summed E-state index contributed by atoms with van der Waals surface area (Å²) in [5.74, 6) is -0.619. The zero-order chi connectivity index (χ0) is 25.1. The van der Waals surface area contributed by atoms with Crippen LogP contribution in [0.3, 0.4) is 0 Å². The highest BCUT2D eigenvalue weighted by molar-refractivity contribution is 7.18. The van der Waals surface area contributed by atoms with Crippen LogP contribution in [-0.2, 0) is 4.79 Å². The van der Waals surface area contributed by atoms with Crippen molar-refractivity contribution in [2.75, 3.05) is 10.2 Å². The molecule has 1 aliphatic carbocycles. The van der Waals surface area contributed by atoms with Crippen LogP contribution < -0.4 is 10.2 Å². The Morgan fingerprint density at radius 1 is 1.09 bits per heavy atom. The van der Waals surface area contributed by atoms with E-state index in [0.717, 1.165) is 47.5 Å². The fraction of sp³-hybridized carbons (Fsp3) is 0.370. The van der Waals surface area contributed by atoms with Gasteiger partial charge in [0.15, 0.2) is 5.76 Å². The Morgan fingerprint density at radius 3 is 2.34 bits per heavy atom. The monoisotopic (exact) mass is 494 g/mol. The van der Waals surface area contributed by atoms with Gasteiger partial charge in [0.1, 0.15) is 4.88 Å². The van der Waals surface area contributed by atoms with Crippen molar-refractivity contribution in [1.29, 1.82) is 0 Å². The molecule has 8 heteroatoms. The number of nitrogens with one attached hydrogen (secondary N) is 1. The molecule has 0 radical (unpaired) electrons. The highest BCUT2D eigenvalue weighted by Crippen LogP contribution is 2.40. The highest BCUT2D eigenvalue weighted by atomic mass is 32.1. The number of carbonyl (C=O) groups is 3. The Hall–Kier alpha value is -3.39. The maximum Gasteiger partial charge on any atom is 0.348 e. The number of hydrogen-bond acceptors (Lipinski definition) is 5. The van der Waals surface area contributed by atoms with Gasteiger partial charge in [-0.3, -0.25) is 9.59 Å². The van der Waals surface area contributed by atoms with Gasteiger partial charge in [0.25, 0.3) is 5.91 Å². The minimum atomic E-state index is -1.05. The van der Waals surface area contributed by atoms with Gasteiger partial charge in [-0.15, -0.1) is 11.3 Å². The van der Waals surface area contributed by atoms with E-state index >= 15 is 0 Å². The lowest BCUT2D eigenvalue weighted by Gasteiger charge is -2.33.